The van der Waals surface area contributed by atoms with E-state index in [9.17, 15) is 13.2 Å². The maximum Gasteiger partial charge on any atom is 0.419 e. The van der Waals surface area contributed by atoms with Crippen LogP contribution in [-0.2, 0) is 6.18 Å². The molecule has 0 spiro atoms. The quantitative estimate of drug-likeness (QED) is 0.743. The fraction of sp³-hybridized carbons (Fsp3) is 0.133. The summed E-state index contributed by atoms with van der Waals surface area (Å²) in [5.41, 5.74) is 0.283. The molecule has 7 heteroatoms. The van der Waals surface area contributed by atoms with Gasteiger partial charge in [-0.3, -0.25) is 0 Å². The predicted molar refractivity (Wildman–Crippen MR) is 73.8 cm³/mol. The molecule has 0 saturated heterocycles. The average molecular weight is 302 g/mol. The van der Waals surface area contributed by atoms with Crippen molar-refractivity contribution in [1.82, 2.24) is 15.0 Å². The van der Waals surface area contributed by atoms with Gasteiger partial charge in [0.05, 0.1) is 17.3 Å². The highest BCUT2D eigenvalue weighted by Gasteiger charge is 2.35. The molecule has 0 aliphatic heterocycles. The van der Waals surface area contributed by atoms with Crippen molar-refractivity contribution in [3.63, 3.8) is 0 Å². The minimum atomic E-state index is -4.54. The number of halogens is 3. The zero-order chi connectivity index (χ0) is 15.9. The third-order valence-electron chi connectivity index (χ3n) is 3.28. The Bertz CT molecular complexity index is 903. The van der Waals surface area contributed by atoms with Crippen LogP contribution in [0.3, 0.4) is 0 Å². The number of aromatic amines is 1. The lowest BCUT2D eigenvalue weighted by molar-refractivity contribution is -0.137. The molecule has 2 aromatic heterocycles. The van der Waals surface area contributed by atoms with E-state index in [4.69, 9.17) is 5.26 Å². The maximum atomic E-state index is 13.2. The zero-order valence-electron chi connectivity index (χ0n) is 11.4. The van der Waals surface area contributed by atoms with Crippen LogP contribution < -0.4 is 0 Å². The first-order valence-corrected chi connectivity index (χ1v) is 6.32. The smallest absolute Gasteiger partial charge is 0.360 e. The van der Waals surface area contributed by atoms with Crippen molar-refractivity contribution in [2.45, 2.75) is 13.1 Å². The Balaban J connectivity index is 2.28. The molecule has 3 aromatic rings. The third kappa shape index (κ3) is 2.29. The number of nitriles is 1. The van der Waals surface area contributed by atoms with Gasteiger partial charge in [-0.1, -0.05) is 6.07 Å². The molecule has 0 amide bonds. The lowest BCUT2D eigenvalue weighted by atomic mass is 10.0. The fourth-order valence-corrected chi connectivity index (χ4v) is 2.27. The number of benzene rings is 1. The van der Waals surface area contributed by atoms with E-state index in [1.54, 1.807) is 18.2 Å². The van der Waals surface area contributed by atoms with E-state index in [2.05, 4.69) is 15.0 Å². The summed E-state index contributed by atoms with van der Waals surface area (Å²) in [4.78, 5) is 10.5. The van der Waals surface area contributed by atoms with Crippen molar-refractivity contribution in [2.24, 2.45) is 0 Å². The first-order valence-electron chi connectivity index (χ1n) is 6.32. The van der Waals surface area contributed by atoms with Crippen LogP contribution in [0.2, 0.25) is 0 Å². The molecule has 0 bridgehead atoms. The molecule has 2 heterocycles. The number of H-pyrrole nitrogens is 1. The van der Waals surface area contributed by atoms with Gasteiger partial charge in [0, 0.05) is 28.9 Å². The number of aromatic nitrogens is 3. The van der Waals surface area contributed by atoms with Crippen LogP contribution in [-0.4, -0.2) is 15.0 Å². The number of nitrogens with zero attached hydrogens (tertiary/aromatic N) is 3. The zero-order valence-corrected chi connectivity index (χ0v) is 11.4. The van der Waals surface area contributed by atoms with Gasteiger partial charge in [0.2, 0.25) is 0 Å². The summed E-state index contributed by atoms with van der Waals surface area (Å²) in [6.45, 7) is 1.53. The first-order chi connectivity index (χ1) is 10.4. The molecule has 0 fully saturated rings. The van der Waals surface area contributed by atoms with Gasteiger partial charge in [-0.05, 0) is 19.1 Å². The van der Waals surface area contributed by atoms with Gasteiger partial charge >= 0.3 is 6.18 Å². The molecule has 0 radical (unpaired) electrons. The minimum absolute atomic E-state index is 0.170. The molecule has 3 rings (SSSR count). The molecule has 0 unspecified atom stereocenters. The van der Waals surface area contributed by atoms with Crippen molar-refractivity contribution in [3.05, 3.63) is 47.5 Å². The number of nitrogens with one attached hydrogen (secondary N) is 1. The Labute approximate surface area is 123 Å². The van der Waals surface area contributed by atoms with E-state index in [1.165, 1.54) is 13.1 Å². The topological polar surface area (TPSA) is 65.4 Å². The van der Waals surface area contributed by atoms with Crippen LogP contribution in [0.15, 0.2) is 30.6 Å². The van der Waals surface area contributed by atoms with Gasteiger partial charge in [-0.25, -0.2) is 9.97 Å². The van der Waals surface area contributed by atoms with E-state index in [1.807, 2.05) is 6.07 Å². The molecule has 0 saturated carbocycles. The molecule has 0 aliphatic rings. The Kier molecular flexibility index (Phi) is 3.10. The monoisotopic (exact) mass is 302 g/mol. The van der Waals surface area contributed by atoms with Gasteiger partial charge < -0.3 is 4.98 Å². The lowest BCUT2D eigenvalue weighted by Crippen LogP contribution is -2.10. The Morgan fingerprint density at radius 3 is 2.73 bits per heavy atom. The second kappa shape index (κ2) is 4.84. The number of alkyl halides is 3. The highest BCUT2D eigenvalue weighted by molar-refractivity contribution is 5.95. The second-order valence-electron chi connectivity index (χ2n) is 4.75. The number of fused-ring (bicyclic) bond motifs is 1. The molecular weight excluding hydrogens is 293 g/mol. The maximum absolute atomic E-state index is 13.2. The van der Waals surface area contributed by atoms with Crippen LogP contribution >= 0.6 is 0 Å². The van der Waals surface area contributed by atoms with E-state index >= 15 is 0 Å². The summed E-state index contributed by atoms with van der Waals surface area (Å²) in [7, 11) is 0. The first kappa shape index (κ1) is 14.1. The average Bonchev–Trinajstić information content (AvgIpc) is 2.88. The van der Waals surface area contributed by atoms with Crippen LogP contribution in [0, 0.1) is 18.3 Å². The third-order valence-corrected chi connectivity index (χ3v) is 3.28. The van der Waals surface area contributed by atoms with Gasteiger partial charge in [0.25, 0.3) is 0 Å². The molecule has 0 atom stereocenters. The van der Waals surface area contributed by atoms with Crippen molar-refractivity contribution in [3.8, 4) is 17.3 Å². The molecule has 0 aliphatic carbocycles. The van der Waals surface area contributed by atoms with Crippen molar-refractivity contribution < 1.29 is 13.2 Å². The van der Waals surface area contributed by atoms with Crippen molar-refractivity contribution >= 4 is 10.9 Å². The molecule has 1 aromatic carbocycles. The van der Waals surface area contributed by atoms with E-state index < -0.39 is 11.7 Å². The Morgan fingerprint density at radius 2 is 2.05 bits per heavy atom. The second-order valence-corrected chi connectivity index (χ2v) is 4.75. The summed E-state index contributed by atoms with van der Waals surface area (Å²) >= 11 is 0. The van der Waals surface area contributed by atoms with E-state index in [-0.39, 0.29) is 11.5 Å². The highest BCUT2D eigenvalue weighted by atomic mass is 19.4. The van der Waals surface area contributed by atoms with Crippen LogP contribution in [0.1, 0.15) is 17.0 Å². The van der Waals surface area contributed by atoms with Crippen molar-refractivity contribution in [1.29, 1.82) is 5.26 Å². The van der Waals surface area contributed by atoms with Gasteiger partial charge in [0.1, 0.15) is 11.4 Å². The van der Waals surface area contributed by atoms with Crippen LogP contribution in [0.5, 0.6) is 0 Å². The molecular formula is C15H9F3N4. The minimum Gasteiger partial charge on any atom is -0.360 e. The fourth-order valence-electron chi connectivity index (χ4n) is 2.27. The summed E-state index contributed by atoms with van der Waals surface area (Å²) < 4.78 is 39.5. The number of hydrogen-bond donors (Lipinski definition) is 1. The number of aryl methyl sites for hydroxylation is 1. The standard InChI is InChI=1S/C15H9F3N4/c1-8-20-7-12(15(16,17)18)14(22-8)11-6-21-13-4-9(5-19)2-3-10(11)13/h2-4,6-7,21H,1H3. The van der Waals surface area contributed by atoms with Crippen LogP contribution in [0.4, 0.5) is 13.2 Å². The summed E-state index contributed by atoms with van der Waals surface area (Å²) in [6.07, 6.45) is -2.29. The van der Waals surface area contributed by atoms with E-state index in [0.29, 0.717) is 22.0 Å². The molecule has 4 nitrogen and oxygen atoms in total. The molecule has 110 valence electrons. The van der Waals surface area contributed by atoms with Gasteiger partial charge in [-0.15, -0.1) is 0 Å². The molecule has 22 heavy (non-hydrogen) atoms. The Morgan fingerprint density at radius 1 is 1.27 bits per heavy atom. The summed E-state index contributed by atoms with van der Waals surface area (Å²) in [5.74, 6) is 0.256. The Hall–Kier alpha value is -2.88. The van der Waals surface area contributed by atoms with Crippen LogP contribution in [0.25, 0.3) is 22.2 Å². The van der Waals surface area contributed by atoms with Crippen molar-refractivity contribution in [2.75, 3.05) is 0 Å². The van der Waals surface area contributed by atoms with E-state index in [0.717, 1.165) is 6.20 Å². The lowest BCUT2D eigenvalue weighted by Gasteiger charge is -2.11. The summed E-state index contributed by atoms with van der Waals surface area (Å²) in [5, 5.41) is 9.45. The molecule has 1 N–H and O–H groups in total. The van der Waals surface area contributed by atoms with Gasteiger partial charge in [0.15, 0.2) is 0 Å². The predicted octanol–water partition coefficient (Wildman–Crippen LogP) is 3.82. The highest BCUT2D eigenvalue weighted by Crippen LogP contribution is 2.38. The largest absolute Gasteiger partial charge is 0.419 e. The number of hydrogen-bond acceptors (Lipinski definition) is 3. The number of rotatable bonds is 1. The van der Waals surface area contributed by atoms with Gasteiger partial charge in [-0.2, -0.15) is 18.4 Å². The normalized spacial score (nSPS) is 11.6. The summed E-state index contributed by atoms with van der Waals surface area (Å²) in [6, 6.07) is 6.74. The SMILES string of the molecule is Cc1ncc(C(F)(F)F)c(-c2c[nH]c3cc(C#N)ccc23)n1.